The van der Waals surface area contributed by atoms with Gasteiger partial charge in [0.15, 0.2) is 0 Å². The summed E-state index contributed by atoms with van der Waals surface area (Å²) in [6, 6.07) is 44.3. The summed E-state index contributed by atoms with van der Waals surface area (Å²) < 4.78 is 0. The van der Waals surface area contributed by atoms with Gasteiger partial charge in [0, 0.05) is 11.1 Å². The zero-order valence-corrected chi connectivity index (χ0v) is 19.3. The maximum Gasteiger partial charge on any atom is 0.141 e. The van der Waals surface area contributed by atoms with Crippen molar-refractivity contribution < 1.29 is 5.11 Å². The minimum absolute atomic E-state index is 0.883. The van der Waals surface area contributed by atoms with Gasteiger partial charge >= 0.3 is 0 Å². The molecule has 0 atom stereocenters. The topological polar surface area (TPSA) is 20.2 Å². The van der Waals surface area contributed by atoms with Gasteiger partial charge in [-0.05, 0) is 56.5 Å². The predicted octanol–water partition coefficient (Wildman–Crippen LogP) is 7.20. The number of fused-ring (bicyclic) bond motifs is 4. The Balaban J connectivity index is 1.66. The Morgan fingerprint density at radius 2 is 0.829 bits per heavy atom. The van der Waals surface area contributed by atoms with E-state index >= 15 is 0 Å². The molecule has 5 aromatic carbocycles. The summed E-state index contributed by atoms with van der Waals surface area (Å²) in [5.74, 6) is 0. The van der Waals surface area contributed by atoms with E-state index in [0.29, 0.717) is 0 Å². The first-order chi connectivity index (χ1) is 17.3. The maximum absolute atomic E-state index is 12.5. The van der Waals surface area contributed by atoms with Crippen LogP contribution in [0.2, 0.25) is 0 Å². The van der Waals surface area contributed by atoms with Crippen LogP contribution < -0.4 is 0 Å². The van der Waals surface area contributed by atoms with Gasteiger partial charge in [0.25, 0.3) is 0 Å². The third-order valence-corrected chi connectivity index (χ3v) is 7.57. The van der Waals surface area contributed by atoms with Crippen LogP contribution in [0.15, 0.2) is 127 Å². The average Bonchev–Trinajstić information content (AvgIpc) is 2.93. The van der Waals surface area contributed by atoms with Crippen molar-refractivity contribution in [3.05, 3.63) is 177 Å². The van der Waals surface area contributed by atoms with Crippen molar-refractivity contribution in [1.29, 1.82) is 0 Å². The highest BCUT2D eigenvalue weighted by Crippen LogP contribution is 2.52. The molecule has 5 aromatic rings. The Hall–Kier alpha value is -4.20. The molecule has 166 valence electrons. The Bertz CT molecular complexity index is 1530. The first-order valence-corrected chi connectivity index (χ1v) is 12.2. The maximum atomic E-state index is 12.5. The first kappa shape index (κ1) is 20.2. The van der Waals surface area contributed by atoms with Crippen LogP contribution in [0.25, 0.3) is 11.1 Å². The quantitative estimate of drug-likeness (QED) is 0.282. The molecule has 0 heterocycles. The molecule has 0 bridgehead atoms. The van der Waals surface area contributed by atoms with Crippen molar-refractivity contribution in [2.75, 3.05) is 0 Å². The Morgan fingerprint density at radius 1 is 0.429 bits per heavy atom. The normalized spacial score (nSPS) is 17.7. The van der Waals surface area contributed by atoms with Gasteiger partial charge in [-0.1, -0.05) is 127 Å². The number of hydrogen-bond donors (Lipinski definition) is 1. The summed E-state index contributed by atoms with van der Waals surface area (Å²) >= 11 is 0. The zero-order valence-electron chi connectivity index (χ0n) is 19.3. The van der Waals surface area contributed by atoms with E-state index in [4.69, 9.17) is 0 Å². The molecule has 0 spiro atoms. The van der Waals surface area contributed by atoms with Crippen molar-refractivity contribution >= 4 is 11.1 Å². The second-order valence-corrected chi connectivity index (χ2v) is 9.41. The van der Waals surface area contributed by atoms with Crippen LogP contribution >= 0.6 is 0 Å². The molecule has 35 heavy (non-hydrogen) atoms. The molecular formula is C34H24O. The third kappa shape index (κ3) is 2.86. The second-order valence-electron chi connectivity index (χ2n) is 9.41. The second kappa shape index (κ2) is 7.66. The minimum Gasteiger partial charge on any atom is -0.376 e. The van der Waals surface area contributed by atoms with Gasteiger partial charge in [0.05, 0.1) is 0 Å². The molecule has 0 saturated heterocycles. The molecule has 2 aliphatic rings. The van der Waals surface area contributed by atoms with Crippen molar-refractivity contribution in [1.82, 2.24) is 0 Å². The molecule has 1 nitrogen and oxygen atoms in total. The lowest BCUT2D eigenvalue weighted by atomic mass is 9.66. The first-order valence-electron chi connectivity index (χ1n) is 12.2. The van der Waals surface area contributed by atoms with Crippen LogP contribution in [-0.2, 0) is 12.0 Å². The molecule has 0 aliphatic heterocycles. The molecular weight excluding hydrogens is 424 g/mol. The van der Waals surface area contributed by atoms with Gasteiger partial charge in [-0.15, -0.1) is 0 Å². The van der Waals surface area contributed by atoms with Crippen molar-refractivity contribution in [3.63, 3.8) is 0 Å². The van der Waals surface area contributed by atoms with Crippen molar-refractivity contribution in [2.24, 2.45) is 0 Å². The predicted molar refractivity (Wildman–Crippen MR) is 142 cm³/mol. The lowest BCUT2D eigenvalue weighted by molar-refractivity contribution is 0.124. The van der Waals surface area contributed by atoms with Gasteiger partial charge in [0.1, 0.15) is 5.60 Å². The lowest BCUT2D eigenvalue weighted by Gasteiger charge is -2.39. The van der Waals surface area contributed by atoms with E-state index in [1.165, 1.54) is 33.4 Å². The molecule has 0 fully saturated rings. The SMILES string of the molecule is OC1(c2ccccc2)c2ccccc2C(=C2c3ccccc3Cc3ccccc32)c2ccccc21. The van der Waals surface area contributed by atoms with E-state index in [2.05, 4.69) is 84.9 Å². The number of benzene rings is 5. The van der Waals surface area contributed by atoms with Crippen LogP contribution in [0, 0.1) is 0 Å². The Morgan fingerprint density at radius 3 is 1.37 bits per heavy atom. The van der Waals surface area contributed by atoms with Gasteiger partial charge in [0.2, 0.25) is 0 Å². The summed E-state index contributed by atoms with van der Waals surface area (Å²) in [6.45, 7) is 0. The molecule has 0 amide bonds. The summed E-state index contributed by atoms with van der Waals surface area (Å²) in [6.07, 6.45) is 0.931. The fourth-order valence-corrected chi connectivity index (χ4v) is 6.04. The van der Waals surface area contributed by atoms with Gasteiger partial charge in [-0.2, -0.15) is 0 Å². The number of aliphatic hydroxyl groups is 1. The van der Waals surface area contributed by atoms with Gasteiger partial charge in [-0.25, -0.2) is 0 Å². The molecule has 1 heteroatoms. The molecule has 0 aromatic heterocycles. The number of hydrogen-bond acceptors (Lipinski definition) is 1. The summed E-state index contributed by atoms with van der Waals surface area (Å²) in [5, 5.41) is 12.5. The number of rotatable bonds is 1. The van der Waals surface area contributed by atoms with E-state index in [1.807, 2.05) is 42.5 Å². The molecule has 0 unspecified atom stereocenters. The van der Waals surface area contributed by atoms with E-state index in [9.17, 15) is 5.11 Å². The van der Waals surface area contributed by atoms with Gasteiger partial charge < -0.3 is 5.11 Å². The minimum atomic E-state index is -1.23. The Labute approximate surface area is 205 Å². The van der Waals surface area contributed by atoms with E-state index in [0.717, 1.165) is 34.2 Å². The standard InChI is InChI=1S/C34H24O/c35-34(25-14-2-1-3-15-25)30-20-10-8-18-28(30)33(29-19-9-11-21-31(29)34)32-26-16-6-4-12-23(26)22-24-13-5-7-17-27(24)32/h1-21,35H,22H2. The summed E-state index contributed by atoms with van der Waals surface area (Å²) in [4.78, 5) is 0. The molecule has 1 N–H and O–H groups in total. The largest absolute Gasteiger partial charge is 0.376 e. The fourth-order valence-electron chi connectivity index (χ4n) is 6.04. The van der Waals surface area contributed by atoms with E-state index in [-0.39, 0.29) is 0 Å². The summed E-state index contributed by atoms with van der Waals surface area (Å²) in [5.41, 5.74) is 11.3. The van der Waals surface area contributed by atoms with Gasteiger partial charge in [-0.3, -0.25) is 0 Å². The van der Waals surface area contributed by atoms with Crippen LogP contribution in [0.1, 0.15) is 50.1 Å². The zero-order chi connectivity index (χ0) is 23.4. The highest BCUT2D eigenvalue weighted by atomic mass is 16.3. The van der Waals surface area contributed by atoms with E-state index in [1.54, 1.807) is 0 Å². The molecule has 7 rings (SSSR count). The van der Waals surface area contributed by atoms with E-state index < -0.39 is 5.60 Å². The van der Waals surface area contributed by atoms with Crippen LogP contribution in [0.4, 0.5) is 0 Å². The molecule has 0 radical (unpaired) electrons. The highest BCUT2D eigenvalue weighted by Gasteiger charge is 2.43. The van der Waals surface area contributed by atoms with Crippen molar-refractivity contribution in [2.45, 2.75) is 12.0 Å². The smallest absolute Gasteiger partial charge is 0.141 e. The highest BCUT2D eigenvalue weighted by molar-refractivity contribution is 6.09. The lowest BCUT2D eigenvalue weighted by Crippen LogP contribution is -2.34. The van der Waals surface area contributed by atoms with Crippen LogP contribution in [0.5, 0.6) is 0 Å². The third-order valence-electron chi connectivity index (χ3n) is 7.57. The summed E-state index contributed by atoms with van der Waals surface area (Å²) in [7, 11) is 0. The van der Waals surface area contributed by atoms with Crippen LogP contribution in [0.3, 0.4) is 0 Å². The van der Waals surface area contributed by atoms with Crippen molar-refractivity contribution in [3.8, 4) is 0 Å². The fraction of sp³-hybridized carbons (Fsp3) is 0.0588. The molecule has 0 saturated carbocycles. The average molecular weight is 449 g/mol. The molecule has 2 aliphatic carbocycles. The Kier molecular flexibility index (Phi) is 4.42. The monoisotopic (exact) mass is 448 g/mol. The van der Waals surface area contributed by atoms with Crippen LogP contribution in [-0.4, -0.2) is 5.11 Å².